The molecule has 0 radical (unpaired) electrons. The predicted octanol–water partition coefficient (Wildman–Crippen LogP) is 3.90. The molecule has 27 heavy (non-hydrogen) atoms. The number of rotatable bonds is 4. The van der Waals surface area contributed by atoms with Crippen LogP contribution in [0.3, 0.4) is 0 Å². The molecule has 0 bridgehead atoms. The molecule has 3 aromatic rings. The van der Waals surface area contributed by atoms with E-state index in [1.54, 1.807) is 0 Å². The Balaban J connectivity index is 1.46. The molecule has 0 N–H and O–H groups in total. The monoisotopic (exact) mass is 361 g/mol. The Kier molecular flexibility index (Phi) is 4.75. The lowest BCUT2D eigenvalue weighted by Crippen LogP contribution is -2.39. The number of cyclic esters (lactones) is 1. The van der Waals surface area contributed by atoms with Crippen LogP contribution in [-0.2, 0) is 27.3 Å². The lowest BCUT2D eigenvalue weighted by Gasteiger charge is -2.20. The van der Waals surface area contributed by atoms with E-state index in [0.717, 1.165) is 21.9 Å². The first-order valence-corrected chi connectivity index (χ1v) is 8.82. The highest BCUT2D eigenvalue weighted by atomic mass is 16.6. The van der Waals surface area contributed by atoms with Crippen molar-refractivity contribution < 1.29 is 19.1 Å². The normalized spacial score (nSPS) is 16.4. The van der Waals surface area contributed by atoms with Gasteiger partial charge in [0.1, 0.15) is 12.6 Å². The van der Waals surface area contributed by atoms with E-state index in [9.17, 15) is 9.59 Å². The predicted molar refractivity (Wildman–Crippen MR) is 101 cm³/mol. The number of hydrogen-bond acceptors (Lipinski definition) is 4. The van der Waals surface area contributed by atoms with Gasteiger partial charge in [-0.2, -0.15) is 0 Å². The minimum absolute atomic E-state index is 0.0787. The average Bonchev–Trinajstić information content (AvgIpc) is 3.07. The van der Waals surface area contributed by atoms with Crippen molar-refractivity contribution in [1.29, 1.82) is 0 Å². The van der Waals surface area contributed by atoms with Gasteiger partial charge < -0.3 is 9.47 Å². The van der Waals surface area contributed by atoms with Crippen molar-refractivity contribution in [3.05, 3.63) is 83.9 Å². The van der Waals surface area contributed by atoms with Crippen LogP contribution in [0.25, 0.3) is 10.8 Å². The quantitative estimate of drug-likeness (QED) is 0.661. The lowest BCUT2D eigenvalue weighted by molar-refractivity contribution is -0.139. The molecule has 136 valence electrons. The number of benzene rings is 3. The van der Waals surface area contributed by atoms with E-state index in [0.29, 0.717) is 6.42 Å². The van der Waals surface area contributed by atoms with Gasteiger partial charge in [0, 0.05) is 6.42 Å². The summed E-state index contributed by atoms with van der Waals surface area (Å²) in [6.45, 7) is 0.0811. The summed E-state index contributed by atoms with van der Waals surface area (Å²) < 4.78 is 10.5. The summed E-state index contributed by atoms with van der Waals surface area (Å²) in [6, 6.07) is 22.8. The zero-order valence-electron chi connectivity index (χ0n) is 14.7. The summed E-state index contributed by atoms with van der Waals surface area (Å²) in [5.74, 6) is -0.403. The highest BCUT2D eigenvalue weighted by Gasteiger charge is 2.38. The van der Waals surface area contributed by atoms with Gasteiger partial charge in [-0.3, -0.25) is 4.90 Å². The van der Waals surface area contributed by atoms with Gasteiger partial charge in [-0.25, -0.2) is 9.59 Å². The average molecular weight is 361 g/mol. The molecule has 0 saturated carbocycles. The first-order chi connectivity index (χ1) is 13.2. The fourth-order valence-electron chi connectivity index (χ4n) is 3.21. The van der Waals surface area contributed by atoms with Crippen LogP contribution in [0.1, 0.15) is 11.1 Å². The Morgan fingerprint density at radius 3 is 2.52 bits per heavy atom. The van der Waals surface area contributed by atoms with E-state index in [1.165, 1.54) is 4.90 Å². The fourth-order valence-corrected chi connectivity index (χ4v) is 3.21. The number of fused-ring (bicyclic) bond motifs is 1. The third-order valence-corrected chi connectivity index (χ3v) is 4.68. The molecular formula is C22H19NO4. The molecule has 1 atom stereocenters. The van der Waals surface area contributed by atoms with E-state index < -0.39 is 18.1 Å². The van der Waals surface area contributed by atoms with E-state index >= 15 is 0 Å². The maximum atomic E-state index is 12.4. The minimum atomic E-state index is -0.672. The first-order valence-electron chi connectivity index (χ1n) is 8.82. The molecule has 0 unspecified atom stereocenters. The summed E-state index contributed by atoms with van der Waals surface area (Å²) in [7, 11) is 0. The molecule has 1 aliphatic rings. The summed E-state index contributed by atoms with van der Waals surface area (Å²) in [5.41, 5.74) is 1.86. The first kappa shape index (κ1) is 17.1. The summed E-state index contributed by atoms with van der Waals surface area (Å²) in [4.78, 5) is 26.0. The highest BCUT2D eigenvalue weighted by molar-refractivity contribution is 5.85. The maximum Gasteiger partial charge on any atom is 0.413 e. The smallest absolute Gasteiger partial charge is 0.413 e. The van der Waals surface area contributed by atoms with E-state index in [-0.39, 0.29) is 13.3 Å². The molecule has 0 aromatic heterocycles. The van der Waals surface area contributed by atoms with Crippen LogP contribution >= 0.6 is 0 Å². The SMILES string of the molecule is O=C1OCN(C(=O)OCc2ccccc2)[C@H]1Cc1ccc2ccccc2c1. The fraction of sp³-hybridized carbons (Fsp3) is 0.182. The Hall–Kier alpha value is -3.34. The van der Waals surface area contributed by atoms with Crippen LogP contribution in [0, 0.1) is 0 Å². The molecule has 1 amide bonds. The van der Waals surface area contributed by atoms with Crippen molar-refractivity contribution in [2.45, 2.75) is 19.1 Å². The molecule has 4 rings (SSSR count). The topological polar surface area (TPSA) is 55.8 Å². The van der Waals surface area contributed by atoms with Crippen LogP contribution < -0.4 is 0 Å². The molecule has 3 aromatic carbocycles. The third kappa shape index (κ3) is 3.77. The Bertz CT molecular complexity index is 970. The zero-order valence-corrected chi connectivity index (χ0v) is 14.7. The minimum Gasteiger partial charge on any atom is -0.444 e. The second-order valence-corrected chi connectivity index (χ2v) is 6.50. The van der Waals surface area contributed by atoms with E-state index in [2.05, 4.69) is 0 Å². The number of esters is 1. The van der Waals surface area contributed by atoms with E-state index in [4.69, 9.17) is 9.47 Å². The van der Waals surface area contributed by atoms with E-state index in [1.807, 2.05) is 72.8 Å². The Morgan fingerprint density at radius 2 is 1.70 bits per heavy atom. The third-order valence-electron chi connectivity index (χ3n) is 4.68. The van der Waals surface area contributed by atoms with Crippen molar-refractivity contribution in [3.63, 3.8) is 0 Å². The molecule has 1 aliphatic heterocycles. The molecule has 1 heterocycles. The number of hydrogen-bond donors (Lipinski definition) is 0. The van der Waals surface area contributed by atoms with Crippen molar-refractivity contribution in [2.75, 3.05) is 6.73 Å². The van der Waals surface area contributed by atoms with Gasteiger partial charge in [0.25, 0.3) is 0 Å². The van der Waals surface area contributed by atoms with Gasteiger partial charge in [0.2, 0.25) is 0 Å². The molecule has 1 saturated heterocycles. The molecule has 1 fully saturated rings. The summed E-state index contributed by atoms with van der Waals surface area (Å²) >= 11 is 0. The summed E-state index contributed by atoms with van der Waals surface area (Å²) in [5, 5.41) is 2.23. The van der Waals surface area contributed by atoms with Crippen molar-refractivity contribution in [1.82, 2.24) is 4.90 Å². The van der Waals surface area contributed by atoms with Gasteiger partial charge >= 0.3 is 12.1 Å². The number of nitrogens with zero attached hydrogens (tertiary/aromatic N) is 1. The molecule has 0 aliphatic carbocycles. The second-order valence-electron chi connectivity index (χ2n) is 6.50. The van der Waals surface area contributed by atoms with Crippen molar-refractivity contribution in [3.8, 4) is 0 Å². The molecule has 5 nitrogen and oxygen atoms in total. The standard InChI is InChI=1S/C22H19NO4/c24-21-20(13-17-10-11-18-8-4-5-9-19(18)12-17)23(15-27-21)22(25)26-14-16-6-2-1-3-7-16/h1-12,20H,13-15H2/t20-/m0/s1. The van der Waals surface area contributed by atoms with Gasteiger partial charge in [-0.15, -0.1) is 0 Å². The van der Waals surface area contributed by atoms with Crippen LogP contribution in [0.4, 0.5) is 4.79 Å². The van der Waals surface area contributed by atoms with Crippen molar-refractivity contribution >= 4 is 22.8 Å². The maximum absolute atomic E-state index is 12.4. The van der Waals surface area contributed by atoms with Crippen LogP contribution in [-0.4, -0.2) is 29.7 Å². The second kappa shape index (κ2) is 7.50. The number of ether oxygens (including phenoxy) is 2. The van der Waals surface area contributed by atoms with Crippen molar-refractivity contribution in [2.24, 2.45) is 0 Å². The van der Waals surface area contributed by atoms with Crippen LogP contribution in [0.5, 0.6) is 0 Å². The Morgan fingerprint density at radius 1 is 0.963 bits per heavy atom. The largest absolute Gasteiger partial charge is 0.444 e. The van der Waals surface area contributed by atoms with Gasteiger partial charge in [-0.05, 0) is 21.9 Å². The lowest BCUT2D eigenvalue weighted by atomic mass is 10.0. The molecule has 0 spiro atoms. The Labute approximate surface area is 157 Å². The number of carbonyl (C=O) groups excluding carboxylic acids is 2. The number of amides is 1. The number of carbonyl (C=O) groups is 2. The molecular weight excluding hydrogens is 342 g/mol. The van der Waals surface area contributed by atoms with Gasteiger partial charge in [0.15, 0.2) is 6.73 Å². The van der Waals surface area contributed by atoms with Crippen LogP contribution in [0.15, 0.2) is 72.8 Å². The zero-order chi connectivity index (χ0) is 18.6. The highest BCUT2D eigenvalue weighted by Crippen LogP contribution is 2.21. The molecule has 5 heteroatoms. The van der Waals surface area contributed by atoms with Gasteiger partial charge in [0.05, 0.1) is 0 Å². The van der Waals surface area contributed by atoms with Crippen LogP contribution in [0.2, 0.25) is 0 Å². The van der Waals surface area contributed by atoms with Gasteiger partial charge in [-0.1, -0.05) is 72.8 Å². The summed E-state index contributed by atoms with van der Waals surface area (Å²) in [6.07, 6.45) is -0.153.